The first-order chi connectivity index (χ1) is 12.0. The minimum absolute atomic E-state index is 0.00984. The maximum Gasteiger partial charge on any atom is 0.242 e. The van der Waals surface area contributed by atoms with E-state index in [-0.39, 0.29) is 36.2 Å². The zero-order valence-corrected chi connectivity index (χ0v) is 15.4. The summed E-state index contributed by atoms with van der Waals surface area (Å²) in [5.41, 5.74) is 5.93. The highest BCUT2D eigenvalue weighted by atomic mass is 16.2. The van der Waals surface area contributed by atoms with E-state index < -0.39 is 6.04 Å². The van der Waals surface area contributed by atoms with Crippen molar-refractivity contribution in [2.75, 3.05) is 19.6 Å². The van der Waals surface area contributed by atoms with E-state index in [0.29, 0.717) is 19.5 Å². The minimum Gasteiger partial charge on any atom is -0.355 e. The molecule has 1 heterocycles. The predicted molar refractivity (Wildman–Crippen MR) is 95.5 cm³/mol. The Morgan fingerprint density at radius 3 is 2.32 bits per heavy atom. The molecule has 0 aromatic rings. The Bertz CT molecular complexity index is 489. The van der Waals surface area contributed by atoms with Gasteiger partial charge in [-0.2, -0.15) is 0 Å². The summed E-state index contributed by atoms with van der Waals surface area (Å²) in [6, 6.07) is -0.726. The van der Waals surface area contributed by atoms with E-state index >= 15 is 0 Å². The Labute approximate surface area is 150 Å². The lowest BCUT2D eigenvalue weighted by Gasteiger charge is -2.27. The number of nitrogens with two attached hydrogens (primary N) is 1. The molecule has 0 radical (unpaired) electrons. The number of nitrogens with one attached hydrogen (secondary N) is 2. The Morgan fingerprint density at radius 2 is 1.72 bits per heavy atom. The molecule has 0 spiro atoms. The lowest BCUT2D eigenvalue weighted by molar-refractivity contribution is -0.139. The standard InChI is InChI=1S/C18H32N4O3/c1-3-12-5-7-13(8-6-12)17(24)21-10-16(23)22-11-14(19)9-15(22)18(25)20-4-2/h12-15H,3-11,19H2,1-2H3,(H,20,25)(H,21,24). The van der Waals surface area contributed by atoms with E-state index in [2.05, 4.69) is 17.6 Å². The van der Waals surface area contributed by atoms with Crippen molar-refractivity contribution in [2.24, 2.45) is 17.6 Å². The van der Waals surface area contributed by atoms with Crippen LogP contribution >= 0.6 is 0 Å². The molecule has 1 saturated heterocycles. The number of rotatable bonds is 6. The van der Waals surface area contributed by atoms with Crippen LogP contribution in [-0.4, -0.2) is 54.3 Å². The van der Waals surface area contributed by atoms with Gasteiger partial charge in [-0.25, -0.2) is 0 Å². The molecule has 4 N–H and O–H groups in total. The molecule has 2 fully saturated rings. The number of likely N-dealkylation sites (tertiary alicyclic amines) is 1. The quantitative estimate of drug-likeness (QED) is 0.643. The van der Waals surface area contributed by atoms with E-state index in [9.17, 15) is 14.4 Å². The average molecular weight is 352 g/mol. The van der Waals surface area contributed by atoms with Gasteiger partial charge < -0.3 is 21.3 Å². The van der Waals surface area contributed by atoms with Crippen LogP contribution in [0, 0.1) is 11.8 Å². The number of amides is 3. The fraction of sp³-hybridized carbons (Fsp3) is 0.833. The summed E-state index contributed by atoms with van der Waals surface area (Å²) in [7, 11) is 0. The first kappa shape index (κ1) is 19.7. The van der Waals surface area contributed by atoms with Crippen LogP contribution in [0.1, 0.15) is 52.4 Å². The summed E-state index contributed by atoms with van der Waals surface area (Å²) in [4.78, 5) is 38.4. The van der Waals surface area contributed by atoms with Crippen LogP contribution < -0.4 is 16.4 Å². The largest absolute Gasteiger partial charge is 0.355 e. The Hall–Kier alpha value is -1.63. The zero-order valence-electron chi connectivity index (χ0n) is 15.4. The summed E-state index contributed by atoms with van der Waals surface area (Å²) in [6.07, 6.45) is 5.60. The molecule has 1 aliphatic heterocycles. The first-order valence-corrected chi connectivity index (χ1v) is 9.56. The summed E-state index contributed by atoms with van der Waals surface area (Å²) in [5.74, 6) is 0.291. The van der Waals surface area contributed by atoms with Crippen molar-refractivity contribution in [3.05, 3.63) is 0 Å². The fourth-order valence-corrected chi connectivity index (χ4v) is 3.93. The molecule has 2 atom stereocenters. The molecular formula is C18H32N4O3. The van der Waals surface area contributed by atoms with Gasteiger partial charge in [0.05, 0.1) is 6.54 Å². The van der Waals surface area contributed by atoms with Crippen LogP contribution in [0.4, 0.5) is 0 Å². The molecule has 7 nitrogen and oxygen atoms in total. The van der Waals surface area contributed by atoms with Crippen LogP contribution in [0.15, 0.2) is 0 Å². The SMILES string of the molecule is CCNC(=O)C1CC(N)CN1C(=O)CNC(=O)C1CCC(CC)CC1. The third kappa shape index (κ3) is 5.17. The second-order valence-electron chi connectivity index (χ2n) is 7.30. The van der Waals surface area contributed by atoms with Gasteiger partial charge in [-0.3, -0.25) is 14.4 Å². The van der Waals surface area contributed by atoms with Crippen LogP contribution in [0.25, 0.3) is 0 Å². The lowest BCUT2D eigenvalue weighted by atomic mass is 9.80. The van der Waals surface area contributed by atoms with E-state index in [0.717, 1.165) is 31.6 Å². The Balaban J connectivity index is 1.82. The van der Waals surface area contributed by atoms with Gasteiger partial charge >= 0.3 is 0 Å². The van der Waals surface area contributed by atoms with Gasteiger partial charge in [0.25, 0.3) is 0 Å². The highest BCUT2D eigenvalue weighted by Crippen LogP contribution is 2.30. The van der Waals surface area contributed by atoms with Crippen LogP contribution in [0.3, 0.4) is 0 Å². The molecule has 0 bridgehead atoms. The highest BCUT2D eigenvalue weighted by molar-refractivity contribution is 5.91. The molecule has 2 aliphatic rings. The summed E-state index contributed by atoms with van der Waals surface area (Å²) in [5, 5.41) is 5.51. The summed E-state index contributed by atoms with van der Waals surface area (Å²) < 4.78 is 0. The predicted octanol–water partition coefficient (Wildman–Crippen LogP) is 0.383. The van der Waals surface area contributed by atoms with E-state index in [4.69, 9.17) is 5.73 Å². The van der Waals surface area contributed by atoms with Gasteiger partial charge in [0.2, 0.25) is 17.7 Å². The molecule has 2 rings (SSSR count). The summed E-state index contributed by atoms with van der Waals surface area (Å²) >= 11 is 0. The van der Waals surface area contributed by atoms with Crippen LogP contribution in [-0.2, 0) is 14.4 Å². The Kier molecular flexibility index (Phi) is 7.23. The van der Waals surface area contributed by atoms with Crippen LogP contribution in [0.2, 0.25) is 0 Å². The second kappa shape index (κ2) is 9.17. The highest BCUT2D eigenvalue weighted by Gasteiger charge is 2.38. The average Bonchev–Trinajstić information content (AvgIpc) is 3.01. The molecule has 0 aromatic carbocycles. The summed E-state index contributed by atoms with van der Waals surface area (Å²) in [6.45, 7) is 4.85. The molecule has 1 saturated carbocycles. The number of carbonyl (C=O) groups excluding carboxylic acids is 3. The van der Waals surface area contributed by atoms with Gasteiger partial charge in [0.15, 0.2) is 0 Å². The smallest absolute Gasteiger partial charge is 0.242 e. The van der Waals surface area contributed by atoms with Crippen molar-refractivity contribution < 1.29 is 14.4 Å². The topological polar surface area (TPSA) is 105 Å². The van der Waals surface area contributed by atoms with Crippen molar-refractivity contribution in [3.63, 3.8) is 0 Å². The van der Waals surface area contributed by atoms with Gasteiger partial charge in [-0.05, 0) is 44.9 Å². The van der Waals surface area contributed by atoms with E-state index in [1.165, 1.54) is 11.3 Å². The second-order valence-corrected chi connectivity index (χ2v) is 7.30. The molecule has 7 heteroatoms. The van der Waals surface area contributed by atoms with Gasteiger partial charge in [-0.15, -0.1) is 0 Å². The number of likely N-dealkylation sites (N-methyl/N-ethyl adjacent to an activating group) is 1. The maximum atomic E-state index is 12.5. The molecule has 0 aromatic heterocycles. The molecule has 1 aliphatic carbocycles. The fourth-order valence-electron chi connectivity index (χ4n) is 3.93. The minimum atomic E-state index is -0.528. The number of hydrogen-bond donors (Lipinski definition) is 3. The maximum absolute atomic E-state index is 12.5. The third-order valence-corrected chi connectivity index (χ3v) is 5.52. The van der Waals surface area contributed by atoms with E-state index in [1.54, 1.807) is 0 Å². The van der Waals surface area contributed by atoms with E-state index in [1.807, 2.05) is 6.92 Å². The van der Waals surface area contributed by atoms with Crippen molar-refractivity contribution in [2.45, 2.75) is 64.5 Å². The molecular weight excluding hydrogens is 320 g/mol. The molecule has 2 unspecified atom stereocenters. The lowest BCUT2D eigenvalue weighted by Crippen LogP contribution is -2.49. The van der Waals surface area contributed by atoms with Gasteiger partial charge in [-0.1, -0.05) is 13.3 Å². The zero-order chi connectivity index (χ0) is 18.4. The van der Waals surface area contributed by atoms with Crippen molar-refractivity contribution in [3.8, 4) is 0 Å². The number of hydrogen-bond acceptors (Lipinski definition) is 4. The van der Waals surface area contributed by atoms with Crippen LogP contribution in [0.5, 0.6) is 0 Å². The third-order valence-electron chi connectivity index (χ3n) is 5.52. The van der Waals surface area contributed by atoms with Crippen molar-refractivity contribution >= 4 is 17.7 Å². The normalized spacial score (nSPS) is 29.3. The van der Waals surface area contributed by atoms with Gasteiger partial charge in [0, 0.05) is 25.0 Å². The molecule has 25 heavy (non-hydrogen) atoms. The molecule has 3 amide bonds. The van der Waals surface area contributed by atoms with Crippen molar-refractivity contribution in [1.29, 1.82) is 0 Å². The number of carbonyl (C=O) groups is 3. The van der Waals surface area contributed by atoms with Crippen molar-refractivity contribution in [1.82, 2.24) is 15.5 Å². The first-order valence-electron chi connectivity index (χ1n) is 9.56. The van der Waals surface area contributed by atoms with Gasteiger partial charge in [0.1, 0.15) is 6.04 Å². The number of nitrogens with zero attached hydrogens (tertiary/aromatic N) is 1. The molecule has 142 valence electrons. The monoisotopic (exact) mass is 352 g/mol. The Morgan fingerprint density at radius 1 is 1.04 bits per heavy atom.